The quantitative estimate of drug-likeness (QED) is 0.159. The van der Waals surface area contributed by atoms with Gasteiger partial charge in [-0.1, -0.05) is 49.6 Å². The van der Waals surface area contributed by atoms with Crippen molar-refractivity contribution < 1.29 is 46.8 Å². The van der Waals surface area contributed by atoms with Crippen molar-refractivity contribution in [2.24, 2.45) is 22.7 Å². The molecule has 4 N–H and O–H groups in total. The summed E-state index contributed by atoms with van der Waals surface area (Å²) in [5.74, 6) is 0.201. The topological polar surface area (TPSA) is 80.9 Å². The first-order valence-corrected chi connectivity index (χ1v) is 15.1. The normalized spacial score (nSPS) is 32.3. The Morgan fingerprint density at radius 2 is 1.48 bits per heavy atom. The highest BCUT2D eigenvalue weighted by molar-refractivity contribution is 5.27. The van der Waals surface area contributed by atoms with Gasteiger partial charge in [0.2, 0.25) is 0 Å². The highest BCUT2D eigenvalue weighted by Crippen LogP contribution is 2.64. The van der Waals surface area contributed by atoms with Crippen LogP contribution in [0.2, 0.25) is 0 Å². The van der Waals surface area contributed by atoms with E-state index in [1.54, 1.807) is 13.8 Å². The smallest absolute Gasteiger partial charge is 0.393 e. The molecule has 3 unspecified atom stereocenters. The largest absolute Gasteiger partial charge is 0.429 e. The Balaban J connectivity index is 1.91. The Labute approximate surface area is 245 Å². The molecule has 0 aromatic carbocycles. The zero-order valence-corrected chi connectivity index (χ0v) is 25.2. The SMILES string of the molecule is CC(C)(O)CCCC(C)(C/C=C\C(O)(C(F)(F)F)C(F)(F)F)C1CCC2/C(=C/C=C3C[C@@H](O)C[C@H](O)C3)CCC[C@@]21C. The Bertz CT molecular complexity index is 997. The molecule has 0 aliphatic heterocycles. The highest BCUT2D eigenvalue weighted by atomic mass is 19.4. The number of halogens is 6. The molecule has 10 heteroatoms. The van der Waals surface area contributed by atoms with Gasteiger partial charge < -0.3 is 20.4 Å². The third-order valence-electron chi connectivity index (χ3n) is 10.2. The van der Waals surface area contributed by atoms with Crippen LogP contribution in [-0.4, -0.2) is 56.2 Å². The minimum Gasteiger partial charge on any atom is -0.393 e. The predicted octanol–water partition coefficient (Wildman–Crippen LogP) is 7.71. The molecule has 42 heavy (non-hydrogen) atoms. The van der Waals surface area contributed by atoms with Crippen molar-refractivity contribution in [2.45, 2.75) is 141 Å². The number of aliphatic hydroxyl groups excluding tert-OH is 2. The van der Waals surface area contributed by atoms with E-state index < -0.39 is 41.2 Å². The third kappa shape index (κ3) is 7.83. The van der Waals surface area contributed by atoms with Crippen LogP contribution in [0.25, 0.3) is 0 Å². The van der Waals surface area contributed by atoms with Crippen LogP contribution in [-0.2, 0) is 0 Å². The number of allylic oxidation sites excluding steroid dienone is 4. The van der Waals surface area contributed by atoms with E-state index in [1.165, 1.54) is 5.57 Å². The minimum atomic E-state index is -5.91. The Hall–Kier alpha value is -1.36. The van der Waals surface area contributed by atoms with Gasteiger partial charge >= 0.3 is 12.4 Å². The molecule has 3 rings (SSSR count). The lowest BCUT2D eigenvalue weighted by atomic mass is 9.55. The summed E-state index contributed by atoms with van der Waals surface area (Å²) in [5, 5.41) is 40.1. The average molecular weight is 611 g/mol. The summed E-state index contributed by atoms with van der Waals surface area (Å²) >= 11 is 0. The van der Waals surface area contributed by atoms with Crippen molar-refractivity contribution in [3.05, 3.63) is 35.5 Å². The molecule has 6 atom stereocenters. The summed E-state index contributed by atoms with van der Waals surface area (Å²) in [7, 11) is 0. The van der Waals surface area contributed by atoms with Crippen molar-refractivity contribution in [3.63, 3.8) is 0 Å². The zero-order chi connectivity index (χ0) is 31.8. The second-order valence-corrected chi connectivity index (χ2v) is 14.2. The van der Waals surface area contributed by atoms with Gasteiger partial charge in [0.1, 0.15) is 0 Å². The maximum atomic E-state index is 13.3. The molecule has 3 aliphatic rings. The molecule has 3 aliphatic carbocycles. The van der Waals surface area contributed by atoms with Crippen molar-refractivity contribution in [2.75, 3.05) is 0 Å². The third-order valence-corrected chi connectivity index (χ3v) is 10.2. The fourth-order valence-corrected chi connectivity index (χ4v) is 8.11. The first-order valence-electron chi connectivity index (χ1n) is 15.1. The molecule has 0 aromatic rings. The number of fused-ring (bicyclic) bond motifs is 1. The fraction of sp³-hybridized carbons (Fsp3) is 0.812. The Kier molecular flexibility index (Phi) is 10.5. The molecule has 3 fully saturated rings. The van der Waals surface area contributed by atoms with Gasteiger partial charge in [0.15, 0.2) is 0 Å². The van der Waals surface area contributed by atoms with Gasteiger partial charge in [0.05, 0.1) is 17.8 Å². The van der Waals surface area contributed by atoms with E-state index >= 15 is 0 Å². The summed E-state index contributed by atoms with van der Waals surface area (Å²) in [4.78, 5) is 0. The molecule has 0 amide bonds. The predicted molar refractivity (Wildman–Crippen MR) is 149 cm³/mol. The van der Waals surface area contributed by atoms with Gasteiger partial charge in [-0.15, -0.1) is 0 Å². The van der Waals surface area contributed by atoms with Crippen LogP contribution in [0.4, 0.5) is 26.3 Å². The average Bonchev–Trinajstić information content (AvgIpc) is 3.18. The van der Waals surface area contributed by atoms with Gasteiger partial charge in [-0.25, -0.2) is 0 Å². The summed E-state index contributed by atoms with van der Waals surface area (Å²) < 4.78 is 80.1. The molecular formula is C32H48F6O4. The highest BCUT2D eigenvalue weighted by Gasteiger charge is 2.69. The van der Waals surface area contributed by atoms with Crippen LogP contribution in [0.1, 0.15) is 105 Å². The van der Waals surface area contributed by atoms with Gasteiger partial charge in [-0.3, -0.25) is 0 Å². The molecular weight excluding hydrogens is 562 g/mol. The van der Waals surface area contributed by atoms with E-state index in [0.717, 1.165) is 43.8 Å². The second-order valence-electron chi connectivity index (χ2n) is 14.2. The Morgan fingerprint density at radius 3 is 2.02 bits per heavy atom. The number of hydrogen-bond acceptors (Lipinski definition) is 4. The second kappa shape index (κ2) is 12.6. The number of aliphatic hydroxyl groups is 4. The van der Waals surface area contributed by atoms with Crippen LogP contribution in [0, 0.1) is 22.7 Å². The standard InChI is InChI=1S/C32H48F6O4/c1-27(2,41)13-6-14-28(3,15-7-17-30(42,31(33,34)35)32(36,37)38)26-12-11-25-22(8-5-16-29(25,26)4)10-9-21-18-23(39)20-24(40)19-21/h7,9-10,17,23-26,39-42H,5-6,8,11-16,18-20H2,1-4H3/b17-7-,22-10+/t23-,24-,25?,26?,28?,29+/m1/s1. The van der Waals surface area contributed by atoms with Gasteiger partial charge in [-0.2, -0.15) is 26.3 Å². The first-order chi connectivity index (χ1) is 19.1. The summed E-state index contributed by atoms with van der Waals surface area (Å²) in [6.45, 7) is 7.44. The van der Waals surface area contributed by atoms with Crippen molar-refractivity contribution in [1.82, 2.24) is 0 Å². The van der Waals surface area contributed by atoms with E-state index in [4.69, 9.17) is 0 Å². The molecule has 3 saturated carbocycles. The van der Waals surface area contributed by atoms with Crippen LogP contribution >= 0.6 is 0 Å². The van der Waals surface area contributed by atoms with Crippen LogP contribution in [0.15, 0.2) is 35.5 Å². The number of hydrogen-bond donors (Lipinski definition) is 4. The molecule has 0 saturated heterocycles. The van der Waals surface area contributed by atoms with Crippen molar-refractivity contribution in [3.8, 4) is 0 Å². The molecule has 0 spiro atoms. The van der Waals surface area contributed by atoms with Gasteiger partial charge in [0, 0.05) is 0 Å². The first kappa shape index (κ1) is 35.1. The molecule has 0 radical (unpaired) electrons. The fourth-order valence-electron chi connectivity index (χ4n) is 8.11. The monoisotopic (exact) mass is 610 g/mol. The summed E-state index contributed by atoms with van der Waals surface area (Å²) in [5.41, 5.74) is -4.53. The summed E-state index contributed by atoms with van der Waals surface area (Å²) in [6.07, 6.45) is -1.06. The minimum absolute atomic E-state index is 0.000925. The van der Waals surface area contributed by atoms with Crippen LogP contribution in [0.5, 0.6) is 0 Å². The van der Waals surface area contributed by atoms with Crippen LogP contribution < -0.4 is 0 Å². The van der Waals surface area contributed by atoms with E-state index in [0.29, 0.717) is 38.5 Å². The van der Waals surface area contributed by atoms with Crippen molar-refractivity contribution >= 4 is 0 Å². The lowest BCUT2D eigenvalue weighted by Gasteiger charge is -2.49. The number of alkyl halides is 6. The van der Waals surface area contributed by atoms with E-state index in [9.17, 15) is 46.8 Å². The lowest BCUT2D eigenvalue weighted by molar-refractivity contribution is -0.347. The van der Waals surface area contributed by atoms with Crippen LogP contribution in [0.3, 0.4) is 0 Å². The summed E-state index contributed by atoms with van der Waals surface area (Å²) in [6, 6.07) is 0. The van der Waals surface area contributed by atoms with E-state index in [-0.39, 0.29) is 29.7 Å². The maximum Gasteiger partial charge on any atom is 0.429 e. The van der Waals surface area contributed by atoms with Crippen molar-refractivity contribution in [1.29, 1.82) is 0 Å². The lowest BCUT2D eigenvalue weighted by Crippen LogP contribution is -2.55. The number of rotatable bonds is 9. The molecule has 0 aromatic heterocycles. The molecule has 0 bridgehead atoms. The Morgan fingerprint density at radius 1 is 0.881 bits per heavy atom. The van der Waals surface area contributed by atoms with Gasteiger partial charge in [-0.05, 0) is 113 Å². The molecule has 0 heterocycles. The van der Waals surface area contributed by atoms with E-state index in [2.05, 4.69) is 13.0 Å². The maximum absolute atomic E-state index is 13.3. The van der Waals surface area contributed by atoms with Gasteiger partial charge in [0.25, 0.3) is 5.60 Å². The molecule has 4 nitrogen and oxygen atoms in total. The zero-order valence-electron chi connectivity index (χ0n) is 25.2. The van der Waals surface area contributed by atoms with E-state index in [1.807, 2.05) is 13.0 Å². The molecule has 242 valence electrons.